The summed E-state index contributed by atoms with van der Waals surface area (Å²) in [5.74, 6) is -17.6. The number of aromatic hydroxyl groups is 1. The van der Waals surface area contributed by atoms with Crippen LogP contribution in [0.1, 0.15) is 121 Å². The van der Waals surface area contributed by atoms with Gasteiger partial charge in [-0.2, -0.15) is 12.6 Å². The minimum atomic E-state index is -1.68. The highest BCUT2D eigenvalue weighted by Gasteiger charge is 2.39. The van der Waals surface area contributed by atoms with E-state index in [1.807, 2.05) is 0 Å². The quantitative estimate of drug-likeness (QED) is 0.0171. The first-order valence-electron chi connectivity index (χ1n) is 39.7. The molecular weight excluding hydrogens is 1570 g/mol. The van der Waals surface area contributed by atoms with E-state index in [-0.39, 0.29) is 75.3 Å². The average molecular weight is 1680 g/mol. The maximum Gasteiger partial charge on any atom is 0.322 e. The fourth-order valence-corrected chi connectivity index (χ4v) is 12.6. The molecule has 5 rings (SSSR count). The van der Waals surface area contributed by atoms with Crippen molar-refractivity contribution in [2.24, 2.45) is 35.0 Å². The van der Waals surface area contributed by atoms with E-state index < -0.39 is 218 Å². The molecule has 0 fully saturated rings. The first kappa shape index (κ1) is 98.3. The number of benzene rings is 5. The van der Waals surface area contributed by atoms with Crippen molar-refractivity contribution in [2.45, 2.75) is 198 Å². The Hall–Kier alpha value is -12.3. The summed E-state index contributed by atoms with van der Waals surface area (Å²) in [6, 6.07) is 21.9. The number of unbranched alkanes of at least 4 members (excludes halogenated alkanes) is 1. The lowest BCUT2D eigenvalue weighted by molar-refractivity contribution is -0.139. The number of carbonyl (C=O) groups excluding carboxylic acids is 14. The van der Waals surface area contributed by atoms with Crippen molar-refractivity contribution < 1.29 is 92.0 Å². The summed E-state index contributed by atoms with van der Waals surface area (Å²) in [6.07, 6.45) is -2.40. The number of phenols is 1. The van der Waals surface area contributed by atoms with Crippen LogP contribution in [0.4, 0.5) is 0 Å². The minimum Gasteiger partial charge on any atom is -0.508 e. The lowest BCUT2D eigenvalue weighted by Gasteiger charge is -2.31. The number of hydrogen-bond donors (Lipinski definition) is 20. The van der Waals surface area contributed by atoms with Gasteiger partial charge in [0.2, 0.25) is 82.7 Å². The van der Waals surface area contributed by atoms with Crippen molar-refractivity contribution in [3.05, 3.63) is 173 Å². The second-order valence-corrected chi connectivity index (χ2v) is 30.2. The highest BCUT2D eigenvalue weighted by atomic mass is 32.1. The molecule has 120 heavy (non-hydrogen) atoms. The summed E-state index contributed by atoms with van der Waals surface area (Å²) in [6.45, 7) is 8.62. The minimum absolute atomic E-state index is 0.0410. The summed E-state index contributed by atoms with van der Waals surface area (Å²) in [7, 11) is 0. The van der Waals surface area contributed by atoms with Crippen LogP contribution in [0.2, 0.25) is 0 Å². The Bertz CT molecular complexity index is 4250. The lowest BCUT2D eigenvalue weighted by Crippen LogP contribution is -2.62. The second-order valence-electron chi connectivity index (χ2n) is 29.8. The van der Waals surface area contributed by atoms with Gasteiger partial charge in [-0.05, 0) is 96.4 Å². The van der Waals surface area contributed by atoms with Crippen molar-refractivity contribution in [1.82, 2.24) is 69.1 Å². The summed E-state index contributed by atoms with van der Waals surface area (Å²) >= 11 is 4.30. The van der Waals surface area contributed by atoms with E-state index in [9.17, 15) is 87.2 Å². The van der Waals surface area contributed by atoms with E-state index >= 15 is 4.79 Å². The number of phenolic OH excluding ortho intramolecular Hbond substituents is 1. The van der Waals surface area contributed by atoms with Crippen LogP contribution < -0.4 is 86.3 Å². The Morgan fingerprint density at radius 1 is 0.358 bits per heavy atom. The van der Waals surface area contributed by atoms with Crippen molar-refractivity contribution in [1.29, 1.82) is 0 Å². The van der Waals surface area contributed by atoms with Gasteiger partial charge >= 0.3 is 11.9 Å². The van der Waals surface area contributed by atoms with Crippen molar-refractivity contribution in [3.63, 3.8) is 0 Å². The van der Waals surface area contributed by atoms with Crippen LogP contribution in [-0.2, 0) is 109 Å². The fraction of sp³-hybridized carbons (Fsp3) is 0.452. The Kier molecular flexibility index (Phi) is 41.9. The zero-order valence-corrected chi connectivity index (χ0v) is 69.0. The molecule has 5 aromatic rings. The first-order valence-corrected chi connectivity index (χ1v) is 40.3. The molecule has 22 N–H and O–H groups in total. The van der Waals surface area contributed by atoms with Gasteiger partial charge < -0.3 is 102 Å². The highest BCUT2D eigenvalue weighted by molar-refractivity contribution is 7.80. The normalized spacial score (nSPS) is 14.3. The number of nitrogens with two attached hydrogens (primary N) is 3. The van der Waals surface area contributed by atoms with Gasteiger partial charge in [0.05, 0.1) is 12.6 Å². The van der Waals surface area contributed by atoms with E-state index in [1.165, 1.54) is 24.3 Å². The van der Waals surface area contributed by atoms with Gasteiger partial charge in [-0.15, -0.1) is 0 Å². The number of amides is 14. The summed E-state index contributed by atoms with van der Waals surface area (Å²) < 4.78 is 0. The SMILES string of the molecule is CC[C@H](C)[C@H](NC(=O)[C@@H](NC(=O)[C@H](Cc1ccc(O)cc1)NC(=O)[C@H](CS)NC(=O)CNC(=O)[C@H](Cc1ccccc1)NC(=O)[C@@H](N)C(C)C)C(C)C)C(=O)N[C@@H](CCC(N)=O)C(=O)N[C@@H](CCCCN)C(=O)N[C@@H](Cc1ccccc1)C(=O)N[C@@H](Cc1ccccc1)C(=O)N[C@@H](CCC(=O)O)C(=O)N[C@@H](Cc1ccccc1)C(=O)NCC(=O)O. The van der Waals surface area contributed by atoms with Crippen LogP contribution in [0, 0.1) is 17.8 Å². The zero-order chi connectivity index (χ0) is 88.5. The van der Waals surface area contributed by atoms with Gasteiger partial charge in [-0.25, -0.2) is 0 Å². The van der Waals surface area contributed by atoms with Crippen molar-refractivity contribution >= 4 is 107 Å². The third-order valence-corrected chi connectivity index (χ3v) is 19.9. The Morgan fingerprint density at radius 3 is 1.07 bits per heavy atom. The number of carboxylic acid groups (broad SMARTS) is 2. The molecule has 5 aromatic carbocycles. The molecule has 35 nitrogen and oxygen atoms in total. The van der Waals surface area contributed by atoms with Crippen LogP contribution in [-0.4, -0.2) is 208 Å². The molecule has 0 aliphatic carbocycles. The Labute approximate surface area is 702 Å². The third-order valence-electron chi connectivity index (χ3n) is 19.6. The molecule has 14 amide bonds. The predicted octanol–water partition coefficient (Wildman–Crippen LogP) is -0.570. The van der Waals surface area contributed by atoms with Crippen LogP contribution in [0.3, 0.4) is 0 Å². The Morgan fingerprint density at radius 2 is 0.692 bits per heavy atom. The molecule has 0 aromatic heterocycles. The number of hydrogen-bond acceptors (Lipinski definition) is 20. The van der Waals surface area contributed by atoms with Gasteiger partial charge in [0.25, 0.3) is 0 Å². The number of carboxylic acids is 2. The monoisotopic (exact) mass is 1680 g/mol. The van der Waals surface area contributed by atoms with Gasteiger partial charge in [0, 0.05) is 50.7 Å². The molecule has 0 aliphatic heterocycles. The number of primary amides is 1. The van der Waals surface area contributed by atoms with E-state index in [0.717, 1.165) is 0 Å². The van der Waals surface area contributed by atoms with E-state index in [0.29, 0.717) is 34.2 Å². The standard InChI is InChI=1S/C84H114N16O19S/c1-7-50(6)72(100-83(118)71(49(4)5)99-80(115)64(44-55-31-33-56(101)34-32-55)97-81(116)65(47-120)90-67(103)45-88-73(108)61(41-52-24-14-9-15-25-52)98-82(117)70(87)48(2)3)84(119)93-58(35-37-66(86)102)76(111)91-57(30-20-21-39-85)75(110)95-63(43-54-28-18-11-19-29-54)79(114)96-62(42-53-26-16-10-17-27-53)78(113)92-59(36-38-68(104)105)77(112)94-60(74(109)89-46-69(106)107)40-51-22-12-8-13-23-51/h8-19,22-29,31-34,48-50,57-65,70-72,101,120H,7,20-21,30,35-47,85,87H2,1-6H3,(H2,86,102)(H,88,108)(H,89,109)(H,90,103)(H,91,111)(H,92,113)(H,93,119)(H,94,112)(H,95,110)(H,96,114)(H,97,116)(H,98,117)(H,99,115)(H,100,118)(H,104,105)(H,106,107)/t50-,57-,58-,59-,60-,61-,62-,63-,64-,65-,70-,71-,72-/m0/s1. The van der Waals surface area contributed by atoms with E-state index in [4.69, 9.17) is 17.2 Å². The van der Waals surface area contributed by atoms with Crippen LogP contribution in [0.15, 0.2) is 146 Å². The molecule has 0 aliphatic rings. The zero-order valence-electron chi connectivity index (χ0n) is 68.1. The maximum atomic E-state index is 15.0. The molecule has 36 heteroatoms. The number of thiol groups is 1. The molecule has 0 saturated heterocycles. The smallest absolute Gasteiger partial charge is 0.322 e. The fourth-order valence-electron chi connectivity index (χ4n) is 12.4. The second kappa shape index (κ2) is 51.1. The van der Waals surface area contributed by atoms with Gasteiger partial charge in [0.15, 0.2) is 0 Å². The average Bonchev–Trinajstić information content (AvgIpc) is 0.854. The highest BCUT2D eigenvalue weighted by Crippen LogP contribution is 2.18. The van der Waals surface area contributed by atoms with Crippen molar-refractivity contribution in [2.75, 3.05) is 25.4 Å². The topological polar surface area (TPSA) is 568 Å². The Balaban J connectivity index is 1.39. The maximum absolute atomic E-state index is 15.0. The molecule has 650 valence electrons. The third kappa shape index (κ3) is 34.7. The predicted molar refractivity (Wildman–Crippen MR) is 446 cm³/mol. The number of aliphatic carboxylic acids is 2. The van der Waals surface area contributed by atoms with Crippen molar-refractivity contribution in [3.8, 4) is 5.75 Å². The van der Waals surface area contributed by atoms with Gasteiger partial charge in [0.1, 0.15) is 78.8 Å². The van der Waals surface area contributed by atoms with Gasteiger partial charge in [-0.1, -0.05) is 181 Å². The lowest BCUT2D eigenvalue weighted by atomic mass is 9.95. The first-order chi connectivity index (χ1) is 57.1. The van der Waals surface area contributed by atoms with E-state index in [1.54, 1.807) is 163 Å². The number of carbonyl (C=O) groups is 16. The molecule has 0 radical (unpaired) electrons. The number of rotatable bonds is 52. The number of nitrogens with one attached hydrogen (secondary N) is 13. The van der Waals surface area contributed by atoms with Crippen LogP contribution in [0.25, 0.3) is 0 Å². The molecule has 0 spiro atoms. The molecule has 0 bridgehead atoms. The molecule has 13 atom stereocenters. The van der Waals surface area contributed by atoms with Crippen LogP contribution >= 0.6 is 12.6 Å². The summed E-state index contributed by atoms with van der Waals surface area (Å²) in [5, 5.41) is 62.9. The molecular formula is C84H114N16O19S. The van der Waals surface area contributed by atoms with Gasteiger partial charge in [-0.3, -0.25) is 76.7 Å². The molecule has 0 heterocycles. The summed E-state index contributed by atoms with van der Waals surface area (Å²) in [5.41, 5.74) is 20.2. The van der Waals surface area contributed by atoms with Crippen LogP contribution in [0.5, 0.6) is 5.75 Å². The molecule has 0 unspecified atom stereocenters. The molecule has 0 saturated carbocycles. The summed E-state index contributed by atoms with van der Waals surface area (Å²) in [4.78, 5) is 222. The van der Waals surface area contributed by atoms with E-state index in [2.05, 4.69) is 81.7 Å². The largest absolute Gasteiger partial charge is 0.508 e.